The first-order valence-electron chi connectivity index (χ1n) is 6.02. The number of rotatable bonds is 5. The van der Waals surface area contributed by atoms with Gasteiger partial charge in [-0.05, 0) is 38.1 Å². The highest BCUT2D eigenvalue weighted by molar-refractivity contribution is 7.11. The first kappa shape index (κ1) is 12.0. The van der Waals surface area contributed by atoms with Gasteiger partial charge in [0.05, 0.1) is 5.01 Å². The summed E-state index contributed by atoms with van der Waals surface area (Å²) in [6.07, 6.45) is 5.69. The molecule has 2 unspecified atom stereocenters. The third-order valence-electron chi connectivity index (χ3n) is 3.43. The van der Waals surface area contributed by atoms with E-state index in [1.807, 2.05) is 13.1 Å². The Bertz CT molecular complexity index is 327. The molecule has 1 aliphatic rings. The van der Waals surface area contributed by atoms with Crippen LogP contribution < -0.4 is 5.32 Å². The van der Waals surface area contributed by atoms with Crippen molar-refractivity contribution < 1.29 is 5.11 Å². The van der Waals surface area contributed by atoms with Crippen molar-refractivity contribution in [3.8, 4) is 0 Å². The second kappa shape index (κ2) is 5.75. The summed E-state index contributed by atoms with van der Waals surface area (Å²) in [6.45, 7) is 4.33. The maximum atomic E-state index is 9.22. The Morgan fingerprint density at radius 2 is 2.31 bits per heavy atom. The molecular formula is C12H20N2OS. The Hall–Kier alpha value is -0.450. The van der Waals surface area contributed by atoms with E-state index in [0.29, 0.717) is 18.4 Å². The smallest absolute Gasteiger partial charge is 0.0897 e. The average molecular weight is 240 g/mol. The molecule has 1 aromatic heterocycles. The SMILES string of the molecule is Cc1ncc(CNCC2CCCC2CO)s1. The molecule has 0 radical (unpaired) electrons. The first-order valence-corrected chi connectivity index (χ1v) is 6.84. The number of nitrogens with one attached hydrogen (secondary N) is 1. The van der Waals surface area contributed by atoms with Gasteiger partial charge in [-0.25, -0.2) is 4.98 Å². The molecule has 2 atom stereocenters. The predicted octanol–water partition coefficient (Wildman–Crippen LogP) is 1.95. The van der Waals surface area contributed by atoms with E-state index in [9.17, 15) is 5.11 Å². The Labute approximate surface area is 101 Å². The van der Waals surface area contributed by atoms with E-state index in [1.54, 1.807) is 11.3 Å². The van der Waals surface area contributed by atoms with Crippen molar-refractivity contribution in [2.75, 3.05) is 13.2 Å². The number of hydrogen-bond acceptors (Lipinski definition) is 4. The summed E-state index contributed by atoms with van der Waals surface area (Å²) in [4.78, 5) is 5.54. The molecule has 0 bridgehead atoms. The van der Waals surface area contributed by atoms with Crippen molar-refractivity contribution >= 4 is 11.3 Å². The molecule has 0 saturated heterocycles. The summed E-state index contributed by atoms with van der Waals surface area (Å²) in [5.74, 6) is 1.19. The topological polar surface area (TPSA) is 45.2 Å². The molecule has 0 spiro atoms. The molecule has 90 valence electrons. The number of hydrogen-bond donors (Lipinski definition) is 2. The van der Waals surface area contributed by atoms with Crippen LogP contribution in [0.3, 0.4) is 0 Å². The van der Waals surface area contributed by atoms with Crippen LogP contribution in [0.1, 0.15) is 29.1 Å². The normalized spacial score (nSPS) is 25.1. The van der Waals surface area contributed by atoms with Gasteiger partial charge in [-0.2, -0.15) is 0 Å². The van der Waals surface area contributed by atoms with E-state index in [2.05, 4.69) is 10.3 Å². The summed E-state index contributed by atoms with van der Waals surface area (Å²) >= 11 is 1.75. The van der Waals surface area contributed by atoms with Gasteiger partial charge in [-0.1, -0.05) is 6.42 Å². The molecule has 1 heterocycles. The van der Waals surface area contributed by atoms with Crippen molar-refractivity contribution in [1.29, 1.82) is 0 Å². The number of nitrogens with zero attached hydrogens (tertiary/aromatic N) is 1. The molecule has 2 rings (SSSR count). The number of aliphatic hydroxyl groups is 1. The lowest BCUT2D eigenvalue weighted by Crippen LogP contribution is -2.26. The van der Waals surface area contributed by atoms with Crippen LogP contribution in [0.15, 0.2) is 6.20 Å². The third kappa shape index (κ3) is 3.03. The van der Waals surface area contributed by atoms with E-state index in [1.165, 1.54) is 24.1 Å². The lowest BCUT2D eigenvalue weighted by molar-refractivity contribution is 0.192. The van der Waals surface area contributed by atoms with Gasteiger partial charge in [0.15, 0.2) is 0 Å². The van der Waals surface area contributed by atoms with Crippen molar-refractivity contribution in [1.82, 2.24) is 10.3 Å². The average Bonchev–Trinajstić information content (AvgIpc) is 2.87. The third-order valence-corrected chi connectivity index (χ3v) is 4.34. The maximum absolute atomic E-state index is 9.22. The molecule has 0 aliphatic heterocycles. The summed E-state index contributed by atoms with van der Waals surface area (Å²) < 4.78 is 0. The summed E-state index contributed by atoms with van der Waals surface area (Å²) in [5, 5.41) is 13.8. The lowest BCUT2D eigenvalue weighted by atomic mass is 9.97. The minimum absolute atomic E-state index is 0.353. The van der Waals surface area contributed by atoms with Crippen LogP contribution in [0.2, 0.25) is 0 Å². The summed E-state index contributed by atoms with van der Waals surface area (Å²) in [6, 6.07) is 0. The zero-order valence-corrected chi connectivity index (χ0v) is 10.6. The molecule has 1 aliphatic carbocycles. The number of aromatic nitrogens is 1. The van der Waals surface area contributed by atoms with E-state index in [-0.39, 0.29) is 0 Å². The second-order valence-electron chi connectivity index (χ2n) is 4.61. The highest BCUT2D eigenvalue weighted by Gasteiger charge is 2.25. The molecule has 3 nitrogen and oxygen atoms in total. The Morgan fingerprint density at radius 1 is 1.50 bits per heavy atom. The van der Waals surface area contributed by atoms with Crippen LogP contribution in [-0.4, -0.2) is 23.2 Å². The van der Waals surface area contributed by atoms with Gasteiger partial charge in [0.25, 0.3) is 0 Å². The zero-order valence-electron chi connectivity index (χ0n) is 9.78. The fraction of sp³-hybridized carbons (Fsp3) is 0.750. The monoisotopic (exact) mass is 240 g/mol. The number of aryl methyl sites for hydroxylation is 1. The fourth-order valence-corrected chi connectivity index (χ4v) is 3.26. The zero-order chi connectivity index (χ0) is 11.4. The molecule has 0 amide bonds. The summed E-state index contributed by atoms with van der Waals surface area (Å²) in [7, 11) is 0. The molecule has 0 aromatic carbocycles. The van der Waals surface area contributed by atoms with E-state index in [4.69, 9.17) is 0 Å². The number of aliphatic hydroxyl groups excluding tert-OH is 1. The standard InChI is InChI=1S/C12H20N2OS/c1-9-14-7-12(16-9)6-13-5-10-3-2-4-11(10)8-15/h7,10-11,13,15H,2-6,8H2,1H3. The molecule has 1 fully saturated rings. The van der Waals surface area contributed by atoms with Gasteiger partial charge >= 0.3 is 0 Å². The van der Waals surface area contributed by atoms with Gasteiger partial charge in [0, 0.05) is 24.2 Å². The number of thiazole rings is 1. The Balaban J connectivity index is 1.71. The van der Waals surface area contributed by atoms with E-state index < -0.39 is 0 Å². The maximum Gasteiger partial charge on any atom is 0.0897 e. The van der Waals surface area contributed by atoms with Crippen LogP contribution in [-0.2, 0) is 6.54 Å². The Kier molecular flexibility index (Phi) is 4.32. The largest absolute Gasteiger partial charge is 0.396 e. The lowest BCUT2D eigenvalue weighted by Gasteiger charge is -2.17. The van der Waals surface area contributed by atoms with Crippen LogP contribution in [0, 0.1) is 18.8 Å². The highest BCUT2D eigenvalue weighted by Crippen LogP contribution is 2.30. The molecule has 4 heteroatoms. The molecule has 16 heavy (non-hydrogen) atoms. The second-order valence-corrected chi connectivity index (χ2v) is 5.93. The predicted molar refractivity (Wildman–Crippen MR) is 66.5 cm³/mol. The fourth-order valence-electron chi connectivity index (χ4n) is 2.49. The first-order chi connectivity index (χ1) is 7.79. The van der Waals surface area contributed by atoms with E-state index in [0.717, 1.165) is 18.1 Å². The van der Waals surface area contributed by atoms with Crippen molar-refractivity contribution in [2.45, 2.75) is 32.7 Å². The van der Waals surface area contributed by atoms with Crippen LogP contribution in [0.25, 0.3) is 0 Å². The van der Waals surface area contributed by atoms with Gasteiger partial charge in [0.2, 0.25) is 0 Å². The van der Waals surface area contributed by atoms with E-state index >= 15 is 0 Å². The van der Waals surface area contributed by atoms with Crippen LogP contribution in [0.5, 0.6) is 0 Å². The summed E-state index contributed by atoms with van der Waals surface area (Å²) in [5.41, 5.74) is 0. The minimum atomic E-state index is 0.353. The highest BCUT2D eigenvalue weighted by atomic mass is 32.1. The Morgan fingerprint density at radius 3 is 3.00 bits per heavy atom. The van der Waals surface area contributed by atoms with Crippen molar-refractivity contribution in [3.63, 3.8) is 0 Å². The van der Waals surface area contributed by atoms with Gasteiger partial charge in [-0.15, -0.1) is 11.3 Å². The van der Waals surface area contributed by atoms with Crippen LogP contribution in [0.4, 0.5) is 0 Å². The quantitative estimate of drug-likeness (QED) is 0.827. The van der Waals surface area contributed by atoms with Crippen LogP contribution >= 0.6 is 11.3 Å². The van der Waals surface area contributed by atoms with Gasteiger partial charge in [0.1, 0.15) is 0 Å². The van der Waals surface area contributed by atoms with Crippen molar-refractivity contribution in [2.24, 2.45) is 11.8 Å². The molecule has 1 saturated carbocycles. The molecular weight excluding hydrogens is 220 g/mol. The van der Waals surface area contributed by atoms with Gasteiger partial charge < -0.3 is 10.4 Å². The van der Waals surface area contributed by atoms with Gasteiger partial charge in [-0.3, -0.25) is 0 Å². The molecule has 1 aromatic rings. The van der Waals surface area contributed by atoms with Crippen molar-refractivity contribution in [3.05, 3.63) is 16.1 Å². The minimum Gasteiger partial charge on any atom is -0.396 e. The molecule has 2 N–H and O–H groups in total.